The first-order chi connectivity index (χ1) is 16.9. The highest BCUT2D eigenvalue weighted by Crippen LogP contribution is 2.23. The summed E-state index contributed by atoms with van der Waals surface area (Å²) in [4.78, 5) is 28.3. The minimum atomic E-state index is -1.61. The number of hydrogen-bond donors (Lipinski definition) is 4. The van der Waals surface area contributed by atoms with Crippen molar-refractivity contribution in [3.63, 3.8) is 0 Å². The van der Waals surface area contributed by atoms with E-state index in [0.717, 1.165) is 16.7 Å². The molecule has 1 amide bonds. The van der Waals surface area contributed by atoms with E-state index in [1.54, 1.807) is 30.5 Å². The SMILES string of the molecule is O=C(NC(Cc1ccc(-c2cccc(Cl)c2)cc1)CC(O)C(=O)O)c1cc(-c2ccccn2)n[nH]1. The van der Waals surface area contributed by atoms with Crippen LogP contribution in [0.4, 0.5) is 0 Å². The second-order valence-electron chi connectivity index (χ2n) is 8.05. The number of aromatic amines is 1. The van der Waals surface area contributed by atoms with Gasteiger partial charge in [0.05, 0.1) is 5.69 Å². The van der Waals surface area contributed by atoms with Gasteiger partial charge in [0.25, 0.3) is 5.91 Å². The van der Waals surface area contributed by atoms with Crippen molar-refractivity contribution >= 4 is 23.5 Å². The van der Waals surface area contributed by atoms with Gasteiger partial charge in [0.2, 0.25) is 0 Å². The molecule has 2 aromatic heterocycles. The van der Waals surface area contributed by atoms with Crippen molar-refractivity contribution in [1.82, 2.24) is 20.5 Å². The molecule has 9 heteroatoms. The first kappa shape index (κ1) is 24.1. The Labute approximate surface area is 206 Å². The number of aliphatic hydroxyl groups excluding tert-OH is 1. The highest BCUT2D eigenvalue weighted by molar-refractivity contribution is 6.30. The van der Waals surface area contributed by atoms with E-state index < -0.39 is 24.0 Å². The molecule has 0 fully saturated rings. The van der Waals surface area contributed by atoms with E-state index in [4.69, 9.17) is 16.7 Å². The number of amides is 1. The van der Waals surface area contributed by atoms with Gasteiger partial charge in [-0.1, -0.05) is 54.1 Å². The second kappa shape index (κ2) is 10.9. The number of nitrogens with one attached hydrogen (secondary N) is 2. The summed E-state index contributed by atoms with van der Waals surface area (Å²) < 4.78 is 0. The number of hydrogen-bond acceptors (Lipinski definition) is 5. The Morgan fingerprint density at radius 2 is 1.77 bits per heavy atom. The van der Waals surface area contributed by atoms with Crippen LogP contribution in [0.1, 0.15) is 22.5 Å². The van der Waals surface area contributed by atoms with Crippen LogP contribution in [0.2, 0.25) is 5.02 Å². The van der Waals surface area contributed by atoms with Crippen molar-refractivity contribution in [2.45, 2.75) is 25.0 Å². The molecule has 2 aromatic carbocycles. The fourth-order valence-corrected chi connectivity index (χ4v) is 3.89. The Hall–Kier alpha value is -4.01. The van der Waals surface area contributed by atoms with E-state index in [2.05, 4.69) is 20.5 Å². The molecule has 2 atom stereocenters. The highest BCUT2D eigenvalue weighted by Gasteiger charge is 2.23. The van der Waals surface area contributed by atoms with Crippen LogP contribution in [-0.2, 0) is 11.2 Å². The fraction of sp³-hybridized carbons (Fsp3) is 0.154. The van der Waals surface area contributed by atoms with Gasteiger partial charge in [0.15, 0.2) is 6.10 Å². The number of aliphatic carboxylic acids is 1. The van der Waals surface area contributed by atoms with Gasteiger partial charge >= 0.3 is 5.97 Å². The molecule has 0 spiro atoms. The minimum absolute atomic E-state index is 0.154. The molecular formula is C26H23ClN4O4. The van der Waals surface area contributed by atoms with Gasteiger partial charge in [-0.05, 0) is 53.4 Å². The smallest absolute Gasteiger partial charge is 0.332 e. The zero-order valence-electron chi connectivity index (χ0n) is 18.6. The van der Waals surface area contributed by atoms with Crippen LogP contribution < -0.4 is 5.32 Å². The lowest BCUT2D eigenvalue weighted by Crippen LogP contribution is -2.40. The van der Waals surface area contributed by atoms with E-state index in [0.29, 0.717) is 22.8 Å². The number of nitrogens with zero attached hydrogens (tertiary/aromatic N) is 2. The van der Waals surface area contributed by atoms with E-state index in [-0.39, 0.29) is 12.1 Å². The minimum Gasteiger partial charge on any atom is -0.479 e. The molecule has 0 saturated carbocycles. The Kier molecular flexibility index (Phi) is 7.54. The molecule has 0 aliphatic rings. The van der Waals surface area contributed by atoms with Crippen LogP contribution >= 0.6 is 11.6 Å². The monoisotopic (exact) mass is 490 g/mol. The maximum absolute atomic E-state index is 12.9. The van der Waals surface area contributed by atoms with Crippen LogP contribution in [0.3, 0.4) is 0 Å². The standard InChI is InChI=1S/C26H23ClN4O4/c27-19-5-3-4-18(13-19)17-9-7-16(8-10-17)12-20(14-24(32)26(34)35)29-25(33)23-15-22(30-31-23)21-6-1-2-11-28-21/h1-11,13,15,20,24,32H,12,14H2,(H,29,33)(H,30,31)(H,34,35). The Bertz CT molecular complexity index is 1310. The van der Waals surface area contributed by atoms with E-state index in [9.17, 15) is 14.7 Å². The molecule has 2 heterocycles. The van der Waals surface area contributed by atoms with Gasteiger partial charge in [-0.2, -0.15) is 5.10 Å². The number of aromatic nitrogens is 3. The Balaban J connectivity index is 1.48. The molecule has 8 nitrogen and oxygen atoms in total. The molecule has 0 aliphatic heterocycles. The molecule has 0 bridgehead atoms. The number of H-pyrrole nitrogens is 1. The number of carbonyl (C=O) groups excluding carboxylic acids is 1. The number of carboxylic acid groups (broad SMARTS) is 1. The third-order valence-corrected chi connectivity index (χ3v) is 5.71. The fourth-order valence-electron chi connectivity index (χ4n) is 3.70. The van der Waals surface area contributed by atoms with Crippen LogP contribution in [-0.4, -0.2) is 49.4 Å². The first-order valence-corrected chi connectivity index (χ1v) is 11.3. The van der Waals surface area contributed by atoms with Crippen molar-refractivity contribution in [3.8, 4) is 22.5 Å². The van der Waals surface area contributed by atoms with Gasteiger partial charge in [0, 0.05) is 23.7 Å². The normalized spacial score (nSPS) is 12.6. The van der Waals surface area contributed by atoms with Gasteiger partial charge < -0.3 is 15.5 Å². The summed E-state index contributed by atoms with van der Waals surface area (Å²) in [5.74, 6) is -1.81. The molecule has 2 unspecified atom stereocenters. The van der Waals surface area contributed by atoms with Crippen LogP contribution in [0.5, 0.6) is 0 Å². The maximum Gasteiger partial charge on any atom is 0.332 e. The molecule has 178 valence electrons. The summed E-state index contributed by atoms with van der Waals surface area (Å²) in [5.41, 5.74) is 4.14. The molecule has 0 saturated heterocycles. The van der Waals surface area contributed by atoms with Crippen LogP contribution in [0.25, 0.3) is 22.5 Å². The topological polar surface area (TPSA) is 128 Å². The highest BCUT2D eigenvalue weighted by atomic mass is 35.5. The Morgan fingerprint density at radius 3 is 2.46 bits per heavy atom. The van der Waals surface area contributed by atoms with Crippen molar-refractivity contribution in [2.24, 2.45) is 0 Å². The molecule has 0 aliphatic carbocycles. The van der Waals surface area contributed by atoms with Crippen molar-refractivity contribution in [3.05, 3.63) is 95.3 Å². The van der Waals surface area contributed by atoms with Crippen LogP contribution in [0.15, 0.2) is 79.0 Å². The van der Waals surface area contributed by atoms with Crippen LogP contribution in [0, 0.1) is 0 Å². The van der Waals surface area contributed by atoms with Gasteiger partial charge in [-0.15, -0.1) is 0 Å². The summed E-state index contributed by atoms with van der Waals surface area (Å²) in [6.45, 7) is 0. The summed E-state index contributed by atoms with van der Waals surface area (Å²) in [5, 5.41) is 29.4. The van der Waals surface area contributed by atoms with E-state index >= 15 is 0 Å². The average molecular weight is 491 g/mol. The van der Waals surface area contributed by atoms with Crippen molar-refractivity contribution in [1.29, 1.82) is 0 Å². The van der Waals surface area contributed by atoms with Gasteiger partial charge in [-0.3, -0.25) is 14.9 Å². The largest absolute Gasteiger partial charge is 0.479 e. The van der Waals surface area contributed by atoms with Gasteiger partial charge in [0.1, 0.15) is 11.4 Å². The number of pyridine rings is 1. The molecule has 4 aromatic rings. The van der Waals surface area contributed by atoms with Crippen molar-refractivity contribution in [2.75, 3.05) is 0 Å². The number of aliphatic hydroxyl groups is 1. The predicted octanol–water partition coefficient (Wildman–Crippen LogP) is 3.97. The lowest BCUT2D eigenvalue weighted by Gasteiger charge is -2.20. The number of benzene rings is 2. The van der Waals surface area contributed by atoms with Crippen molar-refractivity contribution < 1.29 is 19.8 Å². The second-order valence-corrected chi connectivity index (χ2v) is 8.49. The third kappa shape index (κ3) is 6.32. The summed E-state index contributed by atoms with van der Waals surface area (Å²) in [6.07, 6.45) is 0.188. The maximum atomic E-state index is 12.9. The zero-order valence-corrected chi connectivity index (χ0v) is 19.3. The zero-order chi connectivity index (χ0) is 24.8. The van der Waals surface area contributed by atoms with E-state index in [1.807, 2.05) is 48.5 Å². The first-order valence-electron chi connectivity index (χ1n) is 10.9. The lowest BCUT2D eigenvalue weighted by molar-refractivity contribution is -0.147. The molecule has 4 N–H and O–H groups in total. The number of carbonyl (C=O) groups is 2. The summed E-state index contributed by atoms with van der Waals surface area (Å²) >= 11 is 6.08. The summed E-state index contributed by atoms with van der Waals surface area (Å²) in [7, 11) is 0. The lowest BCUT2D eigenvalue weighted by atomic mass is 9.97. The Morgan fingerprint density at radius 1 is 0.971 bits per heavy atom. The van der Waals surface area contributed by atoms with Gasteiger partial charge in [-0.25, -0.2) is 4.79 Å². The number of carboxylic acids is 1. The molecule has 0 radical (unpaired) electrons. The number of halogens is 1. The number of rotatable bonds is 9. The van der Waals surface area contributed by atoms with E-state index in [1.165, 1.54) is 0 Å². The molecule has 35 heavy (non-hydrogen) atoms. The third-order valence-electron chi connectivity index (χ3n) is 5.47. The summed E-state index contributed by atoms with van der Waals surface area (Å²) in [6, 6.07) is 21.5. The molecule has 4 rings (SSSR count). The molecular weight excluding hydrogens is 468 g/mol. The quantitative estimate of drug-likeness (QED) is 0.281. The predicted molar refractivity (Wildman–Crippen MR) is 132 cm³/mol. The average Bonchev–Trinajstić information content (AvgIpc) is 3.35.